The van der Waals surface area contributed by atoms with Crippen LogP contribution in [-0.2, 0) is 28.9 Å². The second-order valence-electron chi connectivity index (χ2n) is 7.97. The number of hydrogen-bond acceptors (Lipinski definition) is 5. The number of aryl methyl sites for hydroxylation is 2. The van der Waals surface area contributed by atoms with Gasteiger partial charge in [-0.3, -0.25) is 4.79 Å². The number of hydrogen-bond donors (Lipinski definition) is 1. The number of amides is 1. The van der Waals surface area contributed by atoms with Gasteiger partial charge in [-0.2, -0.15) is 0 Å². The predicted molar refractivity (Wildman–Crippen MR) is 122 cm³/mol. The van der Waals surface area contributed by atoms with Crippen LogP contribution in [-0.4, -0.2) is 38.5 Å². The Labute approximate surface area is 184 Å². The summed E-state index contributed by atoms with van der Waals surface area (Å²) in [5.41, 5.74) is 4.81. The summed E-state index contributed by atoms with van der Waals surface area (Å²) >= 11 is 0. The Kier molecular flexibility index (Phi) is 7.93. The van der Waals surface area contributed by atoms with Crippen LogP contribution in [0.3, 0.4) is 0 Å². The zero-order valence-electron chi connectivity index (χ0n) is 18.9. The van der Waals surface area contributed by atoms with Gasteiger partial charge in [-0.1, -0.05) is 23.4 Å². The molecule has 1 N–H and O–H groups in total. The molecule has 0 atom stereocenters. The number of carbonyl (C=O) groups is 1. The van der Waals surface area contributed by atoms with Crippen molar-refractivity contribution in [3.05, 3.63) is 58.7 Å². The monoisotopic (exact) mass is 424 g/mol. The van der Waals surface area contributed by atoms with Gasteiger partial charge < -0.3 is 19.6 Å². The van der Waals surface area contributed by atoms with Crippen molar-refractivity contribution in [1.29, 1.82) is 0 Å². The molecule has 0 aromatic heterocycles. The third kappa shape index (κ3) is 6.00. The minimum absolute atomic E-state index is 0.0705. The summed E-state index contributed by atoms with van der Waals surface area (Å²) in [5.74, 6) is 1.16. The molecule has 166 valence electrons. The van der Waals surface area contributed by atoms with E-state index in [4.69, 9.17) is 14.3 Å². The number of benzene rings is 2. The number of carbonyl (C=O) groups excluding carboxylic acids is 1. The van der Waals surface area contributed by atoms with Gasteiger partial charge in [0.15, 0.2) is 17.2 Å². The molecule has 1 aliphatic rings. The molecule has 0 bridgehead atoms. The van der Waals surface area contributed by atoms with Crippen molar-refractivity contribution in [2.24, 2.45) is 5.16 Å². The molecule has 2 aromatic rings. The maximum Gasteiger partial charge on any atom is 0.273 e. The first-order chi connectivity index (χ1) is 15.0. The third-order valence-corrected chi connectivity index (χ3v) is 5.31. The summed E-state index contributed by atoms with van der Waals surface area (Å²) in [6.07, 6.45) is 5.28. The Balaban J connectivity index is 1.64. The van der Waals surface area contributed by atoms with Crippen LogP contribution >= 0.6 is 0 Å². The van der Waals surface area contributed by atoms with Crippen LogP contribution in [0, 0.1) is 0 Å². The number of nitrogens with zero attached hydrogens (tertiary/aromatic N) is 1. The molecule has 3 rings (SSSR count). The summed E-state index contributed by atoms with van der Waals surface area (Å²) in [6, 6.07) is 12.0. The highest BCUT2D eigenvalue weighted by atomic mass is 16.6. The molecule has 0 spiro atoms. The first-order valence-electron chi connectivity index (χ1n) is 10.9. The number of ether oxygens (including phenoxy) is 2. The van der Waals surface area contributed by atoms with Gasteiger partial charge in [0.1, 0.15) is 7.11 Å². The first-order valence-corrected chi connectivity index (χ1v) is 10.9. The quantitative estimate of drug-likeness (QED) is 0.487. The Hall–Kier alpha value is -3.02. The Morgan fingerprint density at radius 3 is 2.52 bits per heavy atom. The van der Waals surface area contributed by atoms with E-state index in [2.05, 4.69) is 22.6 Å². The van der Waals surface area contributed by atoms with E-state index in [1.165, 1.54) is 31.1 Å². The first kappa shape index (κ1) is 22.7. The van der Waals surface area contributed by atoms with E-state index in [1.54, 1.807) is 7.11 Å². The minimum Gasteiger partial charge on any atom is -0.493 e. The maximum atomic E-state index is 12.8. The van der Waals surface area contributed by atoms with Gasteiger partial charge in [0.25, 0.3) is 5.91 Å². The van der Waals surface area contributed by atoms with E-state index < -0.39 is 0 Å². The number of methoxy groups -OCH3 is 1. The second-order valence-corrected chi connectivity index (χ2v) is 7.97. The number of rotatable bonds is 9. The fourth-order valence-electron chi connectivity index (χ4n) is 3.82. The van der Waals surface area contributed by atoms with Crippen molar-refractivity contribution in [2.75, 3.05) is 20.8 Å². The fraction of sp³-hybridized carbons (Fsp3) is 0.440. The molecule has 1 aliphatic carbocycles. The van der Waals surface area contributed by atoms with Crippen molar-refractivity contribution in [3.8, 4) is 11.5 Å². The van der Waals surface area contributed by atoms with E-state index in [9.17, 15) is 4.79 Å². The van der Waals surface area contributed by atoms with Crippen LogP contribution < -0.4 is 14.8 Å². The van der Waals surface area contributed by atoms with Crippen LogP contribution in [0.2, 0.25) is 0 Å². The lowest BCUT2D eigenvalue weighted by atomic mass is 9.89. The van der Waals surface area contributed by atoms with Crippen molar-refractivity contribution in [2.45, 2.75) is 52.1 Å². The van der Waals surface area contributed by atoms with Crippen molar-refractivity contribution in [3.63, 3.8) is 0 Å². The molecule has 31 heavy (non-hydrogen) atoms. The van der Waals surface area contributed by atoms with Crippen molar-refractivity contribution < 1.29 is 19.1 Å². The summed E-state index contributed by atoms with van der Waals surface area (Å²) in [7, 11) is 3.08. The molecule has 0 heterocycles. The molecule has 0 radical (unpaired) electrons. The minimum atomic E-state index is -0.246. The average Bonchev–Trinajstić information content (AvgIpc) is 2.77. The zero-order valence-corrected chi connectivity index (χ0v) is 18.9. The van der Waals surface area contributed by atoms with Crippen LogP contribution in [0.15, 0.2) is 41.6 Å². The van der Waals surface area contributed by atoms with Crippen LogP contribution in [0.4, 0.5) is 0 Å². The smallest absolute Gasteiger partial charge is 0.273 e. The van der Waals surface area contributed by atoms with E-state index in [0.29, 0.717) is 30.2 Å². The molecule has 0 saturated heterocycles. The molecule has 6 heteroatoms. The Morgan fingerprint density at radius 2 is 1.81 bits per heavy atom. The standard InChI is InChI=1S/C25H32N2O4/c1-17(2)31-22-12-9-18(15-23(22)29-3)13-14-26-25(28)24(27-30-4)21-11-10-19-7-5-6-8-20(19)16-21/h9-12,15-17H,5-8,13-14H2,1-4H3,(H,26,28)/b27-24-. The van der Waals surface area contributed by atoms with Gasteiger partial charge >= 0.3 is 0 Å². The topological polar surface area (TPSA) is 69.2 Å². The van der Waals surface area contributed by atoms with Gasteiger partial charge in [0.05, 0.1) is 13.2 Å². The highest BCUT2D eigenvalue weighted by molar-refractivity contribution is 6.45. The molecule has 0 aliphatic heterocycles. The van der Waals surface area contributed by atoms with E-state index >= 15 is 0 Å². The van der Waals surface area contributed by atoms with Crippen molar-refractivity contribution in [1.82, 2.24) is 5.32 Å². The van der Waals surface area contributed by atoms with Gasteiger partial charge in [-0.25, -0.2) is 0 Å². The summed E-state index contributed by atoms with van der Waals surface area (Å²) in [6.45, 7) is 4.43. The summed E-state index contributed by atoms with van der Waals surface area (Å²) in [5, 5.41) is 6.96. The number of fused-ring (bicyclic) bond motifs is 1. The van der Waals surface area contributed by atoms with E-state index in [0.717, 1.165) is 24.0 Å². The van der Waals surface area contributed by atoms with Crippen LogP contribution in [0.25, 0.3) is 0 Å². The average molecular weight is 425 g/mol. The molecule has 0 fully saturated rings. The van der Waals surface area contributed by atoms with E-state index in [1.807, 2.05) is 38.1 Å². The molecule has 1 amide bonds. The lowest BCUT2D eigenvalue weighted by molar-refractivity contribution is -0.114. The SMILES string of the molecule is CO/N=C(\C(=O)NCCc1ccc(OC(C)C)c(OC)c1)c1ccc2c(c1)CCCC2. The predicted octanol–water partition coefficient (Wildman–Crippen LogP) is 4.07. The van der Waals surface area contributed by atoms with Gasteiger partial charge in [-0.15, -0.1) is 0 Å². The fourth-order valence-corrected chi connectivity index (χ4v) is 3.82. The molecule has 2 aromatic carbocycles. The number of nitrogens with one attached hydrogen (secondary N) is 1. The molecule has 0 saturated carbocycles. The van der Waals surface area contributed by atoms with Gasteiger partial charge in [0, 0.05) is 12.1 Å². The lowest BCUT2D eigenvalue weighted by Gasteiger charge is -2.17. The molecule has 0 unspecified atom stereocenters. The molecular formula is C25H32N2O4. The lowest BCUT2D eigenvalue weighted by Crippen LogP contribution is -2.33. The summed E-state index contributed by atoms with van der Waals surface area (Å²) < 4.78 is 11.2. The van der Waals surface area contributed by atoms with Gasteiger partial charge in [0.2, 0.25) is 0 Å². The normalized spacial score (nSPS) is 13.5. The highest BCUT2D eigenvalue weighted by Gasteiger charge is 2.18. The van der Waals surface area contributed by atoms with E-state index in [-0.39, 0.29) is 12.0 Å². The number of oxime groups is 1. The molecular weight excluding hydrogens is 392 g/mol. The van der Waals surface area contributed by atoms with Gasteiger partial charge in [-0.05, 0) is 80.8 Å². The zero-order chi connectivity index (χ0) is 22.2. The highest BCUT2D eigenvalue weighted by Crippen LogP contribution is 2.29. The van der Waals surface area contributed by atoms with Crippen LogP contribution in [0.5, 0.6) is 11.5 Å². The largest absolute Gasteiger partial charge is 0.493 e. The maximum absolute atomic E-state index is 12.8. The Bertz CT molecular complexity index is 937. The van der Waals surface area contributed by atoms with Crippen molar-refractivity contribution >= 4 is 11.6 Å². The third-order valence-electron chi connectivity index (χ3n) is 5.31. The Morgan fingerprint density at radius 1 is 1.03 bits per heavy atom. The molecule has 6 nitrogen and oxygen atoms in total. The second kappa shape index (κ2) is 10.8. The summed E-state index contributed by atoms with van der Waals surface area (Å²) in [4.78, 5) is 17.8. The van der Waals surface area contributed by atoms with Crippen LogP contribution in [0.1, 0.15) is 48.9 Å².